The molecular weight excluding hydrogens is 348 g/mol. The third kappa shape index (κ3) is 2.84. The summed E-state index contributed by atoms with van der Waals surface area (Å²) in [6.45, 7) is 0.111. The van der Waals surface area contributed by atoms with Gasteiger partial charge < -0.3 is 14.4 Å². The Kier molecular flexibility index (Phi) is 5.18. The van der Waals surface area contributed by atoms with Crippen molar-refractivity contribution in [3.05, 3.63) is 61.9 Å². The molecule has 2 aliphatic rings. The predicted molar refractivity (Wildman–Crippen MR) is 106 cm³/mol. The number of ether oxygens (including phenoxy) is 1. The first kappa shape index (κ1) is 18.6. The fourth-order valence-corrected chi connectivity index (χ4v) is 3.62. The maximum Gasteiger partial charge on any atom is 0.257 e. The Balaban J connectivity index is 0.00000196. The molecular formula is C20H22N2O3S. The summed E-state index contributed by atoms with van der Waals surface area (Å²) in [5.74, 6) is 0. The van der Waals surface area contributed by atoms with Gasteiger partial charge in [0, 0.05) is 29.0 Å². The maximum absolute atomic E-state index is 12.8. The van der Waals surface area contributed by atoms with Crippen molar-refractivity contribution in [2.75, 3.05) is 7.11 Å². The van der Waals surface area contributed by atoms with Gasteiger partial charge in [-0.3, -0.25) is 4.79 Å². The Labute approximate surface area is 157 Å². The van der Waals surface area contributed by atoms with Gasteiger partial charge in [-0.05, 0) is 18.6 Å². The van der Waals surface area contributed by atoms with Gasteiger partial charge in [-0.1, -0.05) is 31.7 Å². The first-order chi connectivity index (χ1) is 12.1. The number of aliphatic hydroxyl groups is 1. The minimum absolute atomic E-state index is 0. The van der Waals surface area contributed by atoms with Gasteiger partial charge in [0.15, 0.2) is 0 Å². The molecule has 5 nitrogen and oxygen atoms in total. The molecule has 0 amide bonds. The lowest BCUT2D eigenvalue weighted by atomic mass is 10.1. The number of thiol groups is 1. The van der Waals surface area contributed by atoms with Crippen LogP contribution >= 0.6 is 12.6 Å². The van der Waals surface area contributed by atoms with Gasteiger partial charge in [0.1, 0.15) is 5.44 Å². The van der Waals surface area contributed by atoms with Gasteiger partial charge >= 0.3 is 0 Å². The molecule has 4 rings (SSSR count). The fraction of sp³-hybridized carbons (Fsp3) is 0.300. The molecule has 2 aromatic heterocycles. The molecule has 1 unspecified atom stereocenters. The zero-order chi connectivity index (χ0) is 17.6. The smallest absolute Gasteiger partial charge is 0.257 e. The Bertz CT molecular complexity index is 1070. The summed E-state index contributed by atoms with van der Waals surface area (Å²) in [6.07, 6.45) is 9.06. The Morgan fingerprint density at radius 3 is 2.96 bits per heavy atom. The second kappa shape index (κ2) is 7.23. The van der Waals surface area contributed by atoms with Crippen LogP contribution < -0.4 is 16.1 Å². The van der Waals surface area contributed by atoms with Crippen LogP contribution in [0.5, 0.6) is 0 Å². The van der Waals surface area contributed by atoms with Crippen molar-refractivity contribution in [3.63, 3.8) is 0 Å². The SMILES string of the molecule is C.COC(S)c1cc2n(c(=O)c1CO)Cc1cc3c(nc1-2)=CCC=CC=3. The molecule has 0 saturated heterocycles. The van der Waals surface area contributed by atoms with E-state index in [2.05, 4.69) is 30.8 Å². The van der Waals surface area contributed by atoms with Gasteiger partial charge in [0.25, 0.3) is 5.56 Å². The van der Waals surface area contributed by atoms with E-state index in [-0.39, 0.29) is 19.6 Å². The molecule has 136 valence electrons. The predicted octanol–water partition coefficient (Wildman–Crippen LogP) is 1.50. The maximum atomic E-state index is 12.8. The van der Waals surface area contributed by atoms with Crippen molar-refractivity contribution in [2.45, 2.75) is 32.4 Å². The summed E-state index contributed by atoms with van der Waals surface area (Å²) in [7, 11) is 1.52. The topological polar surface area (TPSA) is 64.3 Å². The summed E-state index contributed by atoms with van der Waals surface area (Å²) in [6, 6.07) is 3.95. The van der Waals surface area contributed by atoms with Crippen LogP contribution in [-0.2, 0) is 17.9 Å². The highest BCUT2D eigenvalue weighted by Gasteiger charge is 2.26. The monoisotopic (exact) mass is 370 g/mol. The van der Waals surface area contributed by atoms with E-state index >= 15 is 0 Å². The number of hydrogen-bond acceptors (Lipinski definition) is 5. The number of aromatic nitrogens is 2. The molecule has 6 heteroatoms. The van der Waals surface area contributed by atoms with Crippen LogP contribution in [-0.4, -0.2) is 21.8 Å². The van der Waals surface area contributed by atoms with Gasteiger partial charge in [-0.25, -0.2) is 4.98 Å². The van der Waals surface area contributed by atoms with E-state index < -0.39 is 5.44 Å². The van der Waals surface area contributed by atoms with Gasteiger partial charge in [-0.2, -0.15) is 0 Å². The minimum Gasteiger partial charge on any atom is -0.391 e. The summed E-state index contributed by atoms with van der Waals surface area (Å²) in [5, 5.41) is 11.6. The van der Waals surface area contributed by atoms with Crippen LogP contribution in [0.1, 0.15) is 36.0 Å². The molecule has 26 heavy (non-hydrogen) atoms. The minimum atomic E-state index is -0.574. The summed E-state index contributed by atoms with van der Waals surface area (Å²) in [4.78, 5) is 17.6. The fourth-order valence-electron chi connectivity index (χ4n) is 3.39. The Morgan fingerprint density at radius 2 is 2.23 bits per heavy atom. The number of rotatable bonds is 3. The average molecular weight is 370 g/mol. The number of methoxy groups -OCH3 is 1. The van der Waals surface area contributed by atoms with Gasteiger partial charge in [-0.15, -0.1) is 12.6 Å². The summed E-state index contributed by atoms with van der Waals surface area (Å²) < 4.78 is 6.92. The second-order valence-corrected chi connectivity index (χ2v) is 6.58. The molecule has 0 radical (unpaired) electrons. The van der Waals surface area contributed by atoms with E-state index in [1.165, 1.54) is 7.11 Å². The number of nitrogens with zero attached hydrogens (tertiary/aromatic N) is 2. The number of aliphatic hydroxyl groups excluding tert-OH is 1. The number of pyridine rings is 2. The Morgan fingerprint density at radius 1 is 1.42 bits per heavy atom. The quantitative estimate of drug-likeness (QED) is 0.542. The number of hydrogen-bond donors (Lipinski definition) is 2. The molecule has 1 N–H and O–H groups in total. The zero-order valence-corrected chi connectivity index (χ0v) is 14.7. The number of allylic oxidation sites excluding steroid dienone is 2. The summed E-state index contributed by atoms with van der Waals surface area (Å²) in [5.41, 5.74) is 2.68. The van der Waals surface area contributed by atoms with Crippen molar-refractivity contribution < 1.29 is 9.84 Å². The average Bonchev–Trinajstić information content (AvgIpc) is 2.82. The second-order valence-electron chi connectivity index (χ2n) is 6.11. The third-order valence-electron chi connectivity index (χ3n) is 4.67. The first-order valence-corrected chi connectivity index (χ1v) is 8.61. The van der Waals surface area contributed by atoms with Crippen molar-refractivity contribution in [1.29, 1.82) is 0 Å². The van der Waals surface area contributed by atoms with E-state index in [0.717, 1.165) is 33.9 Å². The van der Waals surface area contributed by atoms with Crippen LogP contribution in [0, 0.1) is 0 Å². The highest BCUT2D eigenvalue weighted by Crippen LogP contribution is 2.32. The van der Waals surface area contributed by atoms with Gasteiger partial charge in [0.05, 0.1) is 29.9 Å². The van der Waals surface area contributed by atoms with E-state index in [4.69, 9.17) is 9.72 Å². The summed E-state index contributed by atoms with van der Waals surface area (Å²) >= 11 is 4.37. The van der Waals surface area contributed by atoms with Crippen molar-refractivity contribution in [2.24, 2.45) is 0 Å². The van der Waals surface area contributed by atoms with Crippen molar-refractivity contribution >= 4 is 24.8 Å². The molecule has 0 aromatic carbocycles. The molecule has 0 fully saturated rings. The van der Waals surface area contributed by atoms with Crippen LogP contribution in [0.3, 0.4) is 0 Å². The molecule has 1 atom stereocenters. The zero-order valence-electron chi connectivity index (χ0n) is 13.8. The van der Waals surface area contributed by atoms with Crippen LogP contribution in [0.15, 0.2) is 29.1 Å². The Hall–Kier alpha value is -2.15. The standard InChI is InChI=1S/C19H18N2O3S.CH4/c1-24-19(25)13-8-16-17-12(9-21(16)18(23)14(13)10-22)7-11-5-3-2-4-6-15(11)20-17;/h2-3,5-8,19,22,25H,4,9-10H2,1H3;1H4. The molecule has 2 aromatic rings. The molecule has 0 spiro atoms. The van der Waals surface area contributed by atoms with Crippen LogP contribution in [0.2, 0.25) is 0 Å². The lowest BCUT2D eigenvalue weighted by Crippen LogP contribution is -2.28. The van der Waals surface area contributed by atoms with Crippen molar-refractivity contribution in [3.8, 4) is 11.4 Å². The molecule has 1 aliphatic heterocycles. The first-order valence-electron chi connectivity index (χ1n) is 8.09. The molecule has 0 bridgehead atoms. The van der Waals surface area contributed by atoms with Crippen molar-refractivity contribution in [1.82, 2.24) is 9.55 Å². The highest BCUT2D eigenvalue weighted by molar-refractivity contribution is 7.80. The third-order valence-corrected chi connectivity index (χ3v) is 5.16. The normalized spacial score (nSPS) is 14.9. The van der Waals surface area contributed by atoms with Crippen LogP contribution in [0.4, 0.5) is 0 Å². The van der Waals surface area contributed by atoms with Crippen LogP contribution in [0.25, 0.3) is 23.5 Å². The van der Waals surface area contributed by atoms with E-state index in [1.807, 2.05) is 18.2 Å². The molecule has 3 heterocycles. The largest absolute Gasteiger partial charge is 0.391 e. The lowest BCUT2D eigenvalue weighted by molar-refractivity contribution is 0.173. The van der Waals surface area contributed by atoms with E-state index in [0.29, 0.717) is 17.7 Å². The lowest BCUT2D eigenvalue weighted by Gasteiger charge is -2.15. The number of fused-ring (bicyclic) bond motifs is 4. The van der Waals surface area contributed by atoms with E-state index in [1.54, 1.807) is 4.57 Å². The van der Waals surface area contributed by atoms with E-state index in [9.17, 15) is 9.90 Å². The highest BCUT2D eigenvalue weighted by atomic mass is 32.1. The van der Waals surface area contributed by atoms with Gasteiger partial charge in [0.2, 0.25) is 0 Å². The molecule has 0 saturated carbocycles. The molecule has 1 aliphatic carbocycles.